The summed E-state index contributed by atoms with van der Waals surface area (Å²) in [4.78, 5) is 25.1. The summed E-state index contributed by atoms with van der Waals surface area (Å²) in [5.41, 5.74) is 1.97. The Hall–Kier alpha value is -2.69. The van der Waals surface area contributed by atoms with Crippen LogP contribution in [0.4, 0.5) is 15.8 Å². The third-order valence-corrected chi connectivity index (χ3v) is 4.34. The van der Waals surface area contributed by atoms with E-state index in [1.54, 1.807) is 6.07 Å². The van der Waals surface area contributed by atoms with Crippen molar-refractivity contribution in [3.8, 4) is 0 Å². The number of nitrogens with one attached hydrogen (secondary N) is 2. The minimum Gasteiger partial charge on any atom is -0.325 e. The van der Waals surface area contributed by atoms with E-state index in [1.807, 2.05) is 32.0 Å². The van der Waals surface area contributed by atoms with Crippen LogP contribution in [0.1, 0.15) is 24.0 Å². The van der Waals surface area contributed by atoms with Crippen LogP contribution in [-0.4, -0.2) is 11.8 Å². The van der Waals surface area contributed by atoms with Crippen molar-refractivity contribution in [1.29, 1.82) is 0 Å². The lowest BCUT2D eigenvalue weighted by molar-refractivity contribution is -0.131. The Morgan fingerprint density at radius 2 is 1.71 bits per heavy atom. The van der Waals surface area contributed by atoms with Crippen LogP contribution in [-0.2, 0) is 9.59 Å². The van der Waals surface area contributed by atoms with E-state index in [0.717, 1.165) is 11.1 Å². The second kappa shape index (κ2) is 6.07. The highest BCUT2D eigenvalue weighted by Crippen LogP contribution is 2.47. The van der Waals surface area contributed by atoms with Gasteiger partial charge in [-0.25, -0.2) is 4.39 Å². The molecule has 0 saturated heterocycles. The second-order valence-corrected chi connectivity index (χ2v) is 6.32. The van der Waals surface area contributed by atoms with Gasteiger partial charge in [-0.2, -0.15) is 0 Å². The molecule has 1 aliphatic rings. The summed E-state index contributed by atoms with van der Waals surface area (Å²) in [6.45, 7) is 3.85. The first-order valence-electron chi connectivity index (χ1n) is 7.86. The summed E-state index contributed by atoms with van der Waals surface area (Å²) in [5, 5.41) is 5.50. The zero-order valence-corrected chi connectivity index (χ0v) is 13.7. The van der Waals surface area contributed by atoms with E-state index in [0.29, 0.717) is 24.2 Å². The number of aryl methyl sites for hydroxylation is 2. The van der Waals surface area contributed by atoms with Gasteiger partial charge < -0.3 is 10.6 Å². The van der Waals surface area contributed by atoms with Crippen molar-refractivity contribution in [2.75, 3.05) is 10.6 Å². The highest BCUT2D eigenvalue weighted by molar-refractivity contribution is 6.17. The predicted octanol–water partition coefficient (Wildman–Crippen LogP) is 3.80. The lowest BCUT2D eigenvalue weighted by Gasteiger charge is -2.17. The number of rotatable bonds is 4. The fourth-order valence-electron chi connectivity index (χ4n) is 2.61. The van der Waals surface area contributed by atoms with Crippen LogP contribution in [0.5, 0.6) is 0 Å². The van der Waals surface area contributed by atoms with Crippen molar-refractivity contribution < 1.29 is 14.0 Å². The zero-order chi connectivity index (χ0) is 17.3. The summed E-state index contributed by atoms with van der Waals surface area (Å²) in [6.07, 6.45) is 0.982. The van der Waals surface area contributed by atoms with Crippen LogP contribution in [0.2, 0.25) is 0 Å². The first-order chi connectivity index (χ1) is 11.4. The quantitative estimate of drug-likeness (QED) is 0.840. The number of amides is 2. The highest BCUT2D eigenvalue weighted by atomic mass is 19.1. The maximum Gasteiger partial charge on any atom is 0.240 e. The molecule has 4 nitrogen and oxygen atoms in total. The predicted molar refractivity (Wildman–Crippen MR) is 91.2 cm³/mol. The van der Waals surface area contributed by atoms with Crippen molar-refractivity contribution in [3.05, 3.63) is 59.4 Å². The van der Waals surface area contributed by atoms with Gasteiger partial charge in [0.1, 0.15) is 11.2 Å². The first-order valence-corrected chi connectivity index (χ1v) is 7.86. The van der Waals surface area contributed by atoms with E-state index in [2.05, 4.69) is 10.6 Å². The van der Waals surface area contributed by atoms with Gasteiger partial charge in [0.05, 0.1) is 0 Å². The van der Waals surface area contributed by atoms with Gasteiger partial charge >= 0.3 is 0 Å². The molecule has 0 aliphatic heterocycles. The molecule has 2 amide bonds. The molecule has 5 heteroatoms. The number of benzene rings is 2. The molecule has 3 rings (SSSR count). The van der Waals surface area contributed by atoms with Gasteiger partial charge in [0, 0.05) is 11.4 Å². The van der Waals surface area contributed by atoms with E-state index in [4.69, 9.17) is 0 Å². The van der Waals surface area contributed by atoms with E-state index in [1.165, 1.54) is 18.2 Å². The summed E-state index contributed by atoms with van der Waals surface area (Å²) in [5.74, 6) is -1.14. The SMILES string of the molecule is Cc1ccc(C)c(NC(=O)C2(C(=O)Nc3cccc(F)c3)CC2)c1. The Kier molecular flexibility index (Phi) is 4.09. The molecule has 0 unspecified atom stereocenters. The van der Waals surface area contributed by atoms with Crippen molar-refractivity contribution in [1.82, 2.24) is 0 Å². The molecule has 24 heavy (non-hydrogen) atoms. The van der Waals surface area contributed by atoms with E-state index >= 15 is 0 Å². The molecular formula is C19H19FN2O2. The highest BCUT2D eigenvalue weighted by Gasteiger charge is 2.56. The Bertz CT molecular complexity index is 813. The van der Waals surface area contributed by atoms with Crippen LogP contribution in [0.3, 0.4) is 0 Å². The third kappa shape index (κ3) is 3.15. The van der Waals surface area contributed by atoms with E-state index in [-0.39, 0.29) is 5.91 Å². The minimum atomic E-state index is -1.07. The van der Waals surface area contributed by atoms with Crippen LogP contribution in [0.25, 0.3) is 0 Å². The van der Waals surface area contributed by atoms with Gasteiger partial charge in [-0.15, -0.1) is 0 Å². The van der Waals surface area contributed by atoms with Gasteiger partial charge in [0.15, 0.2) is 0 Å². The van der Waals surface area contributed by atoms with Crippen LogP contribution in [0.15, 0.2) is 42.5 Å². The standard InChI is InChI=1S/C19H19FN2O2/c1-12-6-7-13(2)16(10-12)22-18(24)19(8-9-19)17(23)21-15-5-3-4-14(20)11-15/h3-7,10-11H,8-9H2,1-2H3,(H,21,23)(H,22,24). The third-order valence-electron chi connectivity index (χ3n) is 4.34. The molecule has 2 aromatic rings. The average molecular weight is 326 g/mol. The fourth-order valence-corrected chi connectivity index (χ4v) is 2.61. The maximum atomic E-state index is 13.2. The number of carbonyl (C=O) groups excluding carboxylic acids is 2. The van der Waals surface area contributed by atoms with Crippen LogP contribution < -0.4 is 10.6 Å². The zero-order valence-electron chi connectivity index (χ0n) is 13.7. The molecule has 2 aromatic carbocycles. The molecule has 0 atom stereocenters. The molecule has 1 fully saturated rings. The average Bonchev–Trinajstić information content (AvgIpc) is 3.33. The van der Waals surface area contributed by atoms with Crippen molar-refractivity contribution in [3.63, 3.8) is 0 Å². The first kappa shape index (κ1) is 16.2. The molecule has 0 heterocycles. The molecule has 0 bridgehead atoms. The van der Waals surface area contributed by atoms with Gasteiger partial charge in [-0.3, -0.25) is 9.59 Å². The topological polar surface area (TPSA) is 58.2 Å². The molecule has 2 N–H and O–H groups in total. The number of anilines is 2. The van der Waals surface area contributed by atoms with Crippen LogP contribution in [0, 0.1) is 25.1 Å². The molecule has 124 valence electrons. The number of carbonyl (C=O) groups is 2. The smallest absolute Gasteiger partial charge is 0.240 e. The second-order valence-electron chi connectivity index (χ2n) is 6.32. The van der Waals surface area contributed by atoms with E-state index < -0.39 is 17.1 Å². The number of hydrogen-bond acceptors (Lipinski definition) is 2. The van der Waals surface area contributed by atoms with Gasteiger partial charge in [-0.1, -0.05) is 18.2 Å². The number of halogens is 1. The van der Waals surface area contributed by atoms with Crippen LogP contribution >= 0.6 is 0 Å². The molecule has 0 spiro atoms. The molecular weight excluding hydrogens is 307 g/mol. The Morgan fingerprint density at radius 1 is 1.00 bits per heavy atom. The number of hydrogen-bond donors (Lipinski definition) is 2. The summed E-state index contributed by atoms with van der Waals surface area (Å²) >= 11 is 0. The van der Waals surface area contributed by atoms with Crippen molar-refractivity contribution in [2.24, 2.45) is 5.41 Å². The lowest BCUT2D eigenvalue weighted by atomic mass is 10.0. The largest absolute Gasteiger partial charge is 0.325 e. The van der Waals surface area contributed by atoms with Gasteiger partial charge in [-0.05, 0) is 62.1 Å². The Labute approximate surface area is 140 Å². The molecule has 0 aromatic heterocycles. The molecule has 0 radical (unpaired) electrons. The summed E-state index contributed by atoms with van der Waals surface area (Å²) in [6, 6.07) is 11.4. The molecule has 1 saturated carbocycles. The van der Waals surface area contributed by atoms with Crippen molar-refractivity contribution >= 4 is 23.2 Å². The Morgan fingerprint density at radius 3 is 2.38 bits per heavy atom. The van der Waals surface area contributed by atoms with Crippen molar-refractivity contribution in [2.45, 2.75) is 26.7 Å². The Balaban J connectivity index is 1.74. The summed E-state index contributed by atoms with van der Waals surface area (Å²) < 4.78 is 13.2. The van der Waals surface area contributed by atoms with E-state index in [9.17, 15) is 14.0 Å². The summed E-state index contributed by atoms with van der Waals surface area (Å²) in [7, 11) is 0. The van der Waals surface area contributed by atoms with Gasteiger partial charge in [0.2, 0.25) is 11.8 Å². The monoisotopic (exact) mass is 326 g/mol. The minimum absolute atomic E-state index is 0.315. The van der Waals surface area contributed by atoms with Gasteiger partial charge in [0.25, 0.3) is 0 Å². The maximum absolute atomic E-state index is 13.2. The lowest BCUT2D eigenvalue weighted by Crippen LogP contribution is -2.35. The molecule has 1 aliphatic carbocycles. The fraction of sp³-hybridized carbons (Fsp3) is 0.263. The normalized spacial score (nSPS) is 14.8.